The summed E-state index contributed by atoms with van der Waals surface area (Å²) in [7, 11) is 0. The fraction of sp³-hybridized carbons (Fsp3) is 0.357. The molecule has 104 valence electrons. The fourth-order valence-corrected chi connectivity index (χ4v) is 2.00. The van der Waals surface area contributed by atoms with E-state index in [0.717, 1.165) is 12.1 Å². The van der Waals surface area contributed by atoms with E-state index in [9.17, 15) is 9.59 Å². The van der Waals surface area contributed by atoms with Gasteiger partial charge in [0.2, 0.25) is 0 Å². The van der Waals surface area contributed by atoms with Gasteiger partial charge in [0.15, 0.2) is 0 Å². The SMILES string of the molecule is N#Cc1ccc(NCCCN2CCNC(=O)C2=O)cc1. The molecule has 0 aliphatic carbocycles. The maximum Gasteiger partial charge on any atom is 0.311 e. The minimum Gasteiger partial charge on any atom is -0.385 e. The van der Waals surface area contributed by atoms with E-state index >= 15 is 0 Å². The van der Waals surface area contributed by atoms with Crippen molar-refractivity contribution in [3.8, 4) is 6.07 Å². The second-order valence-corrected chi connectivity index (χ2v) is 4.52. The Hall–Kier alpha value is -2.55. The number of amides is 2. The maximum atomic E-state index is 11.5. The molecule has 20 heavy (non-hydrogen) atoms. The van der Waals surface area contributed by atoms with Crippen molar-refractivity contribution in [3.63, 3.8) is 0 Å². The number of hydrogen-bond donors (Lipinski definition) is 2. The number of carbonyl (C=O) groups excluding carboxylic acids is 2. The third-order valence-electron chi connectivity index (χ3n) is 3.10. The Kier molecular flexibility index (Phi) is 4.56. The van der Waals surface area contributed by atoms with Crippen molar-refractivity contribution < 1.29 is 9.59 Å². The van der Waals surface area contributed by atoms with Gasteiger partial charge in [-0.1, -0.05) is 0 Å². The average Bonchev–Trinajstić information content (AvgIpc) is 2.48. The van der Waals surface area contributed by atoms with Crippen molar-refractivity contribution in [1.29, 1.82) is 5.26 Å². The van der Waals surface area contributed by atoms with E-state index in [4.69, 9.17) is 5.26 Å². The van der Waals surface area contributed by atoms with Gasteiger partial charge in [0.1, 0.15) is 0 Å². The topological polar surface area (TPSA) is 85.2 Å². The molecule has 0 radical (unpaired) electrons. The lowest BCUT2D eigenvalue weighted by molar-refractivity contribution is -0.148. The van der Waals surface area contributed by atoms with Gasteiger partial charge >= 0.3 is 11.8 Å². The van der Waals surface area contributed by atoms with E-state index in [0.29, 0.717) is 31.7 Å². The van der Waals surface area contributed by atoms with Crippen molar-refractivity contribution in [2.45, 2.75) is 6.42 Å². The third kappa shape index (κ3) is 3.48. The number of carbonyl (C=O) groups is 2. The van der Waals surface area contributed by atoms with Crippen LogP contribution in [-0.4, -0.2) is 42.9 Å². The summed E-state index contributed by atoms with van der Waals surface area (Å²) in [5.74, 6) is -0.967. The highest BCUT2D eigenvalue weighted by molar-refractivity contribution is 6.35. The van der Waals surface area contributed by atoms with Crippen LogP contribution in [0.15, 0.2) is 24.3 Å². The molecule has 1 heterocycles. The van der Waals surface area contributed by atoms with E-state index in [1.54, 1.807) is 17.0 Å². The lowest BCUT2D eigenvalue weighted by atomic mass is 10.2. The Morgan fingerprint density at radius 2 is 2.05 bits per heavy atom. The summed E-state index contributed by atoms with van der Waals surface area (Å²) in [6.45, 7) is 2.36. The van der Waals surface area contributed by atoms with E-state index in [-0.39, 0.29) is 0 Å². The van der Waals surface area contributed by atoms with Crippen LogP contribution in [0, 0.1) is 11.3 Å². The van der Waals surface area contributed by atoms with Gasteiger partial charge in [-0.15, -0.1) is 0 Å². The fourth-order valence-electron chi connectivity index (χ4n) is 2.00. The second kappa shape index (κ2) is 6.57. The van der Waals surface area contributed by atoms with E-state index < -0.39 is 11.8 Å². The van der Waals surface area contributed by atoms with Crippen molar-refractivity contribution in [1.82, 2.24) is 10.2 Å². The Labute approximate surface area is 117 Å². The quantitative estimate of drug-likeness (QED) is 0.597. The van der Waals surface area contributed by atoms with Crippen LogP contribution in [0.25, 0.3) is 0 Å². The summed E-state index contributed by atoms with van der Waals surface area (Å²) in [5, 5.41) is 14.4. The molecule has 1 fully saturated rings. The monoisotopic (exact) mass is 272 g/mol. The minimum absolute atomic E-state index is 0.449. The number of nitrogens with zero attached hydrogens (tertiary/aromatic N) is 2. The first-order valence-corrected chi connectivity index (χ1v) is 6.52. The van der Waals surface area contributed by atoms with Crippen LogP contribution in [0.3, 0.4) is 0 Å². The second-order valence-electron chi connectivity index (χ2n) is 4.52. The summed E-state index contributed by atoms with van der Waals surface area (Å²) < 4.78 is 0. The molecular formula is C14H16N4O2. The largest absolute Gasteiger partial charge is 0.385 e. The zero-order valence-electron chi connectivity index (χ0n) is 11.1. The number of hydrogen-bond acceptors (Lipinski definition) is 4. The molecule has 0 bridgehead atoms. The van der Waals surface area contributed by atoms with Crippen LogP contribution in [0.1, 0.15) is 12.0 Å². The smallest absolute Gasteiger partial charge is 0.311 e. The highest BCUT2D eigenvalue weighted by Crippen LogP contribution is 2.08. The average molecular weight is 272 g/mol. The van der Waals surface area contributed by atoms with Gasteiger partial charge in [-0.3, -0.25) is 9.59 Å². The van der Waals surface area contributed by atoms with Gasteiger partial charge in [-0.2, -0.15) is 5.26 Å². The molecule has 6 heteroatoms. The molecule has 1 saturated heterocycles. The molecule has 2 amide bonds. The molecule has 0 spiro atoms. The molecule has 6 nitrogen and oxygen atoms in total. The number of anilines is 1. The summed E-state index contributed by atoms with van der Waals surface area (Å²) in [5.41, 5.74) is 1.56. The van der Waals surface area contributed by atoms with Gasteiger partial charge in [0.25, 0.3) is 0 Å². The summed E-state index contributed by atoms with van der Waals surface area (Å²) in [6, 6.07) is 9.26. The van der Waals surface area contributed by atoms with Crippen LogP contribution in [0.5, 0.6) is 0 Å². The number of rotatable bonds is 5. The highest BCUT2D eigenvalue weighted by atomic mass is 16.2. The van der Waals surface area contributed by atoms with E-state index in [1.807, 2.05) is 12.1 Å². The van der Waals surface area contributed by atoms with Crippen molar-refractivity contribution in [2.75, 3.05) is 31.5 Å². The van der Waals surface area contributed by atoms with Crippen LogP contribution in [0.4, 0.5) is 5.69 Å². The lowest BCUT2D eigenvalue weighted by Crippen LogP contribution is -2.52. The summed E-state index contributed by atoms with van der Waals surface area (Å²) in [4.78, 5) is 24.3. The maximum absolute atomic E-state index is 11.5. The van der Waals surface area contributed by atoms with Gasteiger partial charge in [-0.05, 0) is 30.7 Å². The number of nitriles is 1. The van der Waals surface area contributed by atoms with Crippen LogP contribution in [-0.2, 0) is 9.59 Å². The number of nitrogens with one attached hydrogen (secondary N) is 2. The first-order chi connectivity index (χ1) is 9.70. The Morgan fingerprint density at radius 1 is 1.30 bits per heavy atom. The van der Waals surface area contributed by atoms with Crippen LogP contribution in [0.2, 0.25) is 0 Å². The lowest BCUT2D eigenvalue weighted by Gasteiger charge is -2.26. The molecule has 2 rings (SSSR count). The normalized spacial score (nSPS) is 14.7. The van der Waals surface area contributed by atoms with Gasteiger partial charge < -0.3 is 15.5 Å². The summed E-state index contributed by atoms with van der Waals surface area (Å²) >= 11 is 0. The molecule has 1 aromatic carbocycles. The van der Waals surface area contributed by atoms with E-state index in [1.165, 1.54) is 0 Å². The zero-order chi connectivity index (χ0) is 14.4. The van der Waals surface area contributed by atoms with Crippen LogP contribution >= 0.6 is 0 Å². The molecule has 1 aromatic rings. The number of benzene rings is 1. The van der Waals surface area contributed by atoms with Gasteiger partial charge in [-0.25, -0.2) is 0 Å². The van der Waals surface area contributed by atoms with Crippen LogP contribution < -0.4 is 10.6 Å². The third-order valence-corrected chi connectivity index (χ3v) is 3.10. The van der Waals surface area contributed by atoms with Crippen molar-refractivity contribution >= 4 is 17.5 Å². The zero-order valence-corrected chi connectivity index (χ0v) is 11.1. The van der Waals surface area contributed by atoms with Crippen molar-refractivity contribution in [2.24, 2.45) is 0 Å². The Balaban J connectivity index is 1.72. The first-order valence-electron chi connectivity index (χ1n) is 6.52. The molecular weight excluding hydrogens is 256 g/mol. The molecule has 0 aromatic heterocycles. The van der Waals surface area contributed by atoms with Gasteiger partial charge in [0.05, 0.1) is 11.6 Å². The molecule has 0 saturated carbocycles. The first kappa shape index (κ1) is 13.9. The minimum atomic E-state index is -0.517. The van der Waals surface area contributed by atoms with Crippen molar-refractivity contribution in [3.05, 3.63) is 29.8 Å². The Morgan fingerprint density at radius 3 is 2.75 bits per heavy atom. The van der Waals surface area contributed by atoms with E-state index in [2.05, 4.69) is 16.7 Å². The Bertz CT molecular complexity index is 533. The predicted octanol–water partition coefficient (Wildman–Crippen LogP) is 0.319. The molecule has 0 unspecified atom stereocenters. The molecule has 1 aliphatic heterocycles. The summed E-state index contributed by atoms with van der Waals surface area (Å²) in [6.07, 6.45) is 0.763. The standard InChI is InChI=1S/C14H16N4O2/c15-10-11-2-4-12(5-3-11)16-6-1-8-18-9-7-17-13(19)14(18)20/h2-5,16H,1,6-9H2,(H,17,19). The molecule has 0 atom stereocenters. The number of piperazine rings is 1. The molecule has 1 aliphatic rings. The van der Waals surface area contributed by atoms with Gasteiger partial charge in [0, 0.05) is 31.9 Å². The highest BCUT2D eigenvalue weighted by Gasteiger charge is 2.25. The predicted molar refractivity (Wildman–Crippen MR) is 73.9 cm³/mol. The molecule has 2 N–H and O–H groups in total.